The zero-order chi connectivity index (χ0) is 31.0. The van der Waals surface area contributed by atoms with Crippen LogP contribution in [-0.4, -0.2) is 97.4 Å². The number of H-pyrrole nitrogens is 1. The van der Waals surface area contributed by atoms with Gasteiger partial charge in [0.1, 0.15) is 36.3 Å². The smallest absolute Gasteiger partial charge is 0.382 e. The van der Waals surface area contributed by atoms with Crippen molar-refractivity contribution in [1.82, 2.24) is 43.8 Å². The number of alkyl halides is 2. The zero-order valence-electron chi connectivity index (χ0n) is 21.8. The van der Waals surface area contributed by atoms with Crippen LogP contribution in [0.3, 0.4) is 0 Å². The fourth-order valence-corrected chi connectivity index (χ4v) is 7.64. The highest BCUT2D eigenvalue weighted by Gasteiger charge is 2.53. The second-order valence-electron chi connectivity index (χ2n) is 9.86. The van der Waals surface area contributed by atoms with Gasteiger partial charge in [-0.15, -0.1) is 0 Å². The van der Waals surface area contributed by atoms with Gasteiger partial charge in [-0.05, 0) is 0 Å². The Bertz CT molecular complexity index is 1960. The normalized spacial score (nSPS) is 36.1. The molecule has 24 heteroatoms. The average Bonchev–Trinajstić information content (AvgIpc) is 3.73. The van der Waals surface area contributed by atoms with Crippen LogP contribution in [0.4, 0.5) is 14.6 Å². The molecule has 3 fully saturated rings. The van der Waals surface area contributed by atoms with E-state index in [0.717, 1.165) is 23.5 Å². The number of aromatic nitrogens is 8. The molecule has 4 aromatic rings. The molecule has 3 saturated heterocycles. The first-order valence-corrected chi connectivity index (χ1v) is 16.8. The molecular weight excluding hydrogens is 657 g/mol. The Morgan fingerprint density at radius 2 is 1.64 bits per heavy atom. The minimum atomic E-state index is -4.76. The van der Waals surface area contributed by atoms with Crippen LogP contribution in [0.1, 0.15) is 12.5 Å². The molecule has 236 valence electrons. The van der Waals surface area contributed by atoms with Crippen molar-refractivity contribution in [1.29, 1.82) is 0 Å². The number of hydrogen-bond donors (Lipinski definition) is 4. The van der Waals surface area contributed by atoms with E-state index in [9.17, 15) is 17.8 Å². The molecule has 0 saturated carbocycles. The Morgan fingerprint density at radius 1 is 0.977 bits per heavy atom. The lowest BCUT2D eigenvalue weighted by atomic mass is 10.1. The van der Waals surface area contributed by atoms with Crippen molar-refractivity contribution in [3.63, 3.8) is 0 Å². The molecule has 3 aliphatic heterocycles. The number of nitrogens with two attached hydrogens (primary N) is 1. The van der Waals surface area contributed by atoms with Gasteiger partial charge >= 0.3 is 17.1 Å². The predicted octanol–water partition coefficient (Wildman–Crippen LogP) is -0.314. The van der Waals surface area contributed by atoms with Crippen LogP contribution in [0, 0.1) is 0 Å². The molecule has 9 atom stereocenters. The van der Waals surface area contributed by atoms with Gasteiger partial charge in [0.05, 0.1) is 25.6 Å². The molecular formula is C20H21F2N10O9PS2. The fraction of sp³-hybridized carbons (Fsp3) is 0.500. The number of nitrogen functional groups attached to an aromatic ring is 1. The van der Waals surface area contributed by atoms with Crippen molar-refractivity contribution >= 4 is 57.5 Å². The third kappa shape index (κ3) is 5.06. The molecule has 0 unspecified atom stereocenters. The highest BCUT2D eigenvalue weighted by Crippen LogP contribution is 2.57. The Labute approximate surface area is 249 Å². The van der Waals surface area contributed by atoms with Gasteiger partial charge in [0.15, 0.2) is 47.4 Å². The van der Waals surface area contributed by atoms with Gasteiger partial charge in [0.2, 0.25) is 0 Å². The van der Waals surface area contributed by atoms with Crippen LogP contribution in [0.25, 0.3) is 22.3 Å². The van der Waals surface area contributed by atoms with Gasteiger partial charge in [-0.1, -0.05) is 12.2 Å². The number of hydrogen-bond acceptors (Lipinski definition) is 15. The predicted molar refractivity (Wildman–Crippen MR) is 145 cm³/mol. The van der Waals surface area contributed by atoms with E-state index in [-0.39, 0.29) is 28.1 Å². The minimum Gasteiger partial charge on any atom is -0.382 e. The van der Waals surface area contributed by atoms with Gasteiger partial charge < -0.3 is 20.2 Å². The van der Waals surface area contributed by atoms with Gasteiger partial charge in [0.25, 0.3) is 5.56 Å². The van der Waals surface area contributed by atoms with Gasteiger partial charge in [-0.3, -0.25) is 23.0 Å². The Balaban J connectivity index is 1.17. The van der Waals surface area contributed by atoms with Crippen LogP contribution < -0.4 is 16.0 Å². The molecule has 0 bridgehead atoms. The summed E-state index contributed by atoms with van der Waals surface area (Å²) < 4.78 is 103. The number of halogens is 2. The quantitative estimate of drug-likeness (QED) is 0.157. The summed E-state index contributed by atoms with van der Waals surface area (Å²) in [6.45, 7) is -5.87. The molecule has 44 heavy (non-hydrogen) atoms. The first-order chi connectivity index (χ1) is 20.9. The van der Waals surface area contributed by atoms with Crippen molar-refractivity contribution in [2.45, 2.75) is 49.2 Å². The first kappa shape index (κ1) is 29.6. The van der Waals surface area contributed by atoms with Crippen molar-refractivity contribution in [3.05, 3.63) is 35.7 Å². The summed E-state index contributed by atoms with van der Waals surface area (Å²) in [7, 11) is -4.76. The number of nitrogens with one attached hydrogen (secondary N) is 2. The summed E-state index contributed by atoms with van der Waals surface area (Å²) in [6.07, 6.45) is -9.35. The first-order valence-electron chi connectivity index (χ1n) is 12.7. The van der Waals surface area contributed by atoms with Gasteiger partial charge in [0, 0.05) is 6.54 Å². The van der Waals surface area contributed by atoms with Crippen LogP contribution in [-0.2, 0) is 37.6 Å². The number of nitrogens with zero attached hydrogens (tertiary/aromatic N) is 7. The summed E-state index contributed by atoms with van der Waals surface area (Å²) in [5.74, 6) is 0.0235. The van der Waals surface area contributed by atoms with Crippen molar-refractivity contribution in [3.8, 4) is 0 Å². The number of fused-ring (bicyclic) bond motifs is 4. The molecule has 7 rings (SSSR count). The molecule has 0 aromatic carbocycles. The second kappa shape index (κ2) is 10.7. The zero-order valence-corrected chi connectivity index (χ0v) is 24.4. The number of anilines is 1. The third-order valence-corrected chi connectivity index (χ3v) is 9.80. The Morgan fingerprint density at radius 3 is 2.39 bits per heavy atom. The molecule has 4 aromatic heterocycles. The summed E-state index contributed by atoms with van der Waals surface area (Å²) in [5, 5.41) is 0. The minimum absolute atomic E-state index is 0.0235. The molecule has 19 nitrogen and oxygen atoms in total. The van der Waals surface area contributed by atoms with Crippen molar-refractivity contribution in [2.75, 3.05) is 18.9 Å². The van der Waals surface area contributed by atoms with Crippen LogP contribution in [0.2, 0.25) is 0 Å². The monoisotopic (exact) mass is 678 g/mol. The van der Waals surface area contributed by atoms with Crippen molar-refractivity contribution < 1.29 is 44.5 Å². The average molecular weight is 679 g/mol. The summed E-state index contributed by atoms with van der Waals surface area (Å²) >= 11 is 3.95. The van der Waals surface area contributed by atoms with Crippen LogP contribution in [0.5, 0.6) is 0 Å². The Kier molecular flexibility index (Phi) is 7.21. The standard InChI is InChI=1S/C20H21F2N10O9PS2/c21-9-13-7(38-19(9)31-5-28-11-15(23)24-3-25-16(11)31)1-30-44(35,36)41-14-8(2-37-42(34,43)40-13)39-20(10(14)22)32-6-29-12-17(32)26-4-27-18(12)33/h3-10,13-14,19-20,30H,1-2H2,(H,34,43)(H2,23,24,25)(H,26,27,33)/t7-,8-,9-,10-,13-,14-,19-,20-,42+/m1/s1. The number of aromatic amines is 1. The second-order valence-corrected chi connectivity index (χ2v) is 14.1. The van der Waals surface area contributed by atoms with E-state index < -0.39 is 85.0 Å². The van der Waals surface area contributed by atoms with E-state index >= 15 is 8.78 Å². The maximum atomic E-state index is 15.9. The summed E-state index contributed by atoms with van der Waals surface area (Å²) in [6, 6.07) is 0. The van der Waals surface area contributed by atoms with E-state index in [0.29, 0.717) is 0 Å². The lowest BCUT2D eigenvalue weighted by Gasteiger charge is -2.26. The maximum absolute atomic E-state index is 15.9. The largest absolute Gasteiger partial charge is 0.386 e. The van der Waals surface area contributed by atoms with E-state index in [1.54, 1.807) is 0 Å². The summed E-state index contributed by atoms with van der Waals surface area (Å²) in [4.78, 5) is 34.2. The molecule has 4 N–H and O–H groups in total. The number of rotatable bonds is 2. The molecule has 3 aliphatic rings. The number of imidazole rings is 2. The van der Waals surface area contributed by atoms with Gasteiger partial charge in [-0.2, -0.15) is 13.1 Å². The molecule has 7 heterocycles. The molecule has 0 amide bonds. The lowest BCUT2D eigenvalue weighted by molar-refractivity contribution is -0.0434. The van der Waals surface area contributed by atoms with E-state index in [2.05, 4.69) is 46.9 Å². The molecule has 0 spiro atoms. The van der Waals surface area contributed by atoms with E-state index in [1.807, 2.05) is 0 Å². The summed E-state index contributed by atoms with van der Waals surface area (Å²) in [5.41, 5.74) is 5.28. The molecule has 0 radical (unpaired) electrons. The number of thiol groups is 1. The maximum Gasteiger partial charge on any atom is 0.386 e. The highest BCUT2D eigenvalue weighted by atomic mass is 32.7. The Hall–Kier alpha value is -3.15. The lowest BCUT2D eigenvalue weighted by Crippen LogP contribution is -2.44. The SMILES string of the molecule is Nc1ncnc2c1ncn2[C@@H]1O[C@@H]2CNS(=O)(=O)O[C@H]3[C@@H](F)[C@H](n4cnc5c(=O)[nH]cnc54)O[C@@H]3CO[P@](=O)(S)O[C@H]2[C@H]1F. The van der Waals surface area contributed by atoms with Crippen LogP contribution >= 0.6 is 19.0 Å². The topological polar surface area (TPSA) is 243 Å². The number of ether oxygens (including phenoxy) is 2. The third-order valence-electron chi connectivity index (χ3n) is 7.19. The van der Waals surface area contributed by atoms with E-state index in [1.165, 1.54) is 10.9 Å². The van der Waals surface area contributed by atoms with E-state index in [4.69, 9.17) is 28.4 Å². The van der Waals surface area contributed by atoms with Crippen LogP contribution in [0.15, 0.2) is 30.1 Å². The highest BCUT2D eigenvalue weighted by molar-refractivity contribution is 8.44. The molecule has 0 aliphatic carbocycles. The van der Waals surface area contributed by atoms with Gasteiger partial charge in [-0.25, -0.2) is 42.4 Å². The van der Waals surface area contributed by atoms with Crippen molar-refractivity contribution in [2.24, 2.45) is 0 Å². The fourth-order valence-electron chi connectivity index (χ4n) is 5.20.